The van der Waals surface area contributed by atoms with Gasteiger partial charge < -0.3 is 23.8 Å². The van der Waals surface area contributed by atoms with Crippen LogP contribution in [0.25, 0.3) is 10.8 Å². The summed E-state index contributed by atoms with van der Waals surface area (Å²) in [7, 11) is 1.62. The van der Waals surface area contributed by atoms with Crippen molar-refractivity contribution in [1.82, 2.24) is 14.9 Å². The van der Waals surface area contributed by atoms with Gasteiger partial charge in [-0.1, -0.05) is 36.0 Å². The van der Waals surface area contributed by atoms with Crippen LogP contribution in [0.5, 0.6) is 5.75 Å². The molecule has 2 bridgehead atoms. The lowest BCUT2D eigenvalue weighted by atomic mass is 9.94. The summed E-state index contributed by atoms with van der Waals surface area (Å²) >= 11 is 1.55. The number of thioether (sulfide) groups is 1. The monoisotopic (exact) mass is 578 g/mol. The molecule has 218 valence electrons. The average molecular weight is 579 g/mol. The van der Waals surface area contributed by atoms with Crippen LogP contribution in [0.4, 0.5) is 10.6 Å². The number of benzene rings is 2. The van der Waals surface area contributed by atoms with E-state index in [1.165, 1.54) is 0 Å². The Kier molecular flexibility index (Phi) is 7.74. The Balaban J connectivity index is 1.29. The fourth-order valence-electron chi connectivity index (χ4n) is 6.26. The Morgan fingerprint density at radius 1 is 1.12 bits per heavy atom. The molecule has 0 N–H and O–H groups in total. The third-order valence-electron chi connectivity index (χ3n) is 7.98. The van der Waals surface area contributed by atoms with E-state index in [4.69, 9.17) is 28.9 Å². The van der Waals surface area contributed by atoms with Gasteiger partial charge in [-0.3, -0.25) is 4.90 Å². The first-order chi connectivity index (χ1) is 19.7. The molecule has 0 radical (unpaired) electrons. The van der Waals surface area contributed by atoms with E-state index in [0.717, 1.165) is 70.2 Å². The van der Waals surface area contributed by atoms with E-state index in [9.17, 15) is 4.79 Å². The molecule has 2 aromatic carbocycles. The molecule has 10 heteroatoms. The van der Waals surface area contributed by atoms with Gasteiger partial charge in [-0.2, -0.15) is 0 Å². The minimum Gasteiger partial charge on any atom is -0.468 e. The average Bonchev–Trinajstić information content (AvgIpc) is 3.23. The highest BCUT2D eigenvalue weighted by Crippen LogP contribution is 2.41. The standard InChI is InChI=1S/C31H38N4O5S/c1-31(2,3)40-30(36)35-20-10-11-21(35)16-34(15-20)28-25-17-38-27(14-26(25)32-29(33-28)41-5)24-13-22(39-18-37-4)12-19-8-6-7-9-23(19)24/h6-9,12-13,20-21,27H,10-11,14-18H2,1-5H3. The van der Waals surface area contributed by atoms with Crippen LogP contribution < -0.4 is 9.64 Å². The van der Waals surface area contributed by atoms with Gasteiger partial charge in [0, 0.05) is 32.2 Å². The predicted molar refractivity (Wildman–Crippen MR) is 159 cm³/mol. The van der Waals surface area contributed by atoms with Crippen molar-refractivity contribution in [1.29, 1.82) is 0 Å². The molecule has 9 nitrogen and oxygen atoms in total. The number of nitrogens with zero attached hydrogens (tertiary/aromatic N) is 4. The smallest absolute Gasteiger partial charge is 0.410 e. The number of amides is 1. The van der Waals surface area contributed by atoms with Crippen molar-refractivity contribution in [3.8, 4) is 5.75 Å². The summed E-state index contributed by atoms with van der Waals surface area (Å²) in [4.78, 5) is 27.3. The van der Waals surface area contributed by atoms with E-state index >= 15 is 0 Å². The van der Waals surface area contributed by atoms with Crippen LogP contribution in [0.1, 0.15) is 56.5 Å². The lowest BCUT2D eigenvalue weighted by Crippen LogP contribution is -2.57. The number of ether oxygens (including phenoxy) is 4. The summed E-state index contributed by atoms with van der Waals surface area (Å²) in [6, 6.07) is 12.6. The summed E-state index contributed by atoms with van der Waals surface area (Å²) < 4.78 is 23.3. The molecule has 0 saturated carbocycles. The second-order valence-corrected chi connectivity index (χ2v) is 12.7. The zero-order valence-electron chi connectivity index (χ0n) is 24.4. The molecule has 4 heterocycles. The number of methoxy groups -OCH3 is 1. The summed E-state index contributed by atoms with van der Waals surface area (Å²) in [5.41, 5.74) is 2.63. The van der Waals surface area contributed by atoms with Gasteiger partial charge in [-0.15, -0.1) is 0 Å². The predicted octanol–water partition coefficient (Wildman–Crippen LogP) is 5.74. The molecular formula is C31H38N4O5S. The second kappa shape index (κ2) is 11.3. The Bertz CT molecular complexity index is 1430. The molecule has 3 aliphatic rings. The van der Waals surface area contributed by atoms with Gasteiger partial charge in [0.15, 0.2) is 11.9 Å². The highest BCUT2D eigenvalue weighted by atomic mass is 32.2. The molecular weight excluding hydrogens is 540 g/mol. The summed E-state index contributed by atoms with van der Waals surface area (Å²) in [5, 5.41) is 2.99. The maximum absolute atomic E-state index is 13.0. The quantitative estimate of drug-likeness (QED) is 0.207. The Morgan fingerprint density at radius 3 is 2.59 bits per heavy atom. The number of piperazine rings is 1. The number of aromatic nitrogens is 2. The highest BCUT2D eigenvalue weighted by molar-refractivity contribution is 7.98. The van der Waals surface area contributed by atoms with Gasteiger partial charge in [-0.05, 0) is 68.3 Å². The normalized spacial score (nSPS) is 22.1. The van der Waals surface area contributed by atoms with E-state index < -0.39 is 5.60 Å². The van der Waals surface area contributed by atoms with Crippen LogP contribution in [0.15, 0.2) is 41.6 Å². The van der Waals surface area contributed by atoms with E-state index in [2.05, 4.69) is 29.2 Å². The molecule has 3 aliphatic heterocycles. The number of carbonyl (C=O) groups is 1. The lowest BCUT2D eigenvalue weighted by Gasteiger charge is -2.42. The van der Waals surface area contributed by atoms with Crippen molar-refractivity contribution in [3.05, 3.63) is 53.2 Å². The van der Waals surface area contributed by atoms with Gasteiger partial charge in [0.1, 0.15) is 17.2 Å². The van der Waals surface area contributed by atoms with Crippen molar-refractivity contribution < 1.29 is 23.7 Å². The van der Waals surface area contributed by atoms with Gasteiger partial charge >= 0.3 is 6.09 Å². The number of fused-ring (bicyclic) bond motifs is 4. The van der Waals surface area contributed by atoms with E-state index in [0.29, 0.717) is 13.0 Å². The van der Waals surface area contributed by atoms with E-state index in [-0.39, 0.29) is 31.1 Å². The van der Waals surface area contributed by atoms with Gasteiger partial charge in [0.25, 0.3) is 0 Å². The minimum absolute atomic E-state index is 0.102. The van der Waals surface area contributed by atoms with Crippen molar-refractivity contribution in [2.45, 2.75) is 75.6 Å². The molecule has 0 spiro atoms. The molecule has 3 atom stereocenters. The van der Waals surface area contributed by atoms with Crippen molar-refractivity contribution in [2.75, 3.05) is 38.1 Å². The topological polar surface area (TPSA) is 86.3 Å². The first-order valence-electron chi connectivity index (χ1n) is 14.2. The van der Waals surface area contributed by atoms with Gasteiger partial charge in [0.05, 0.1) is 30.5 Å². The SMILES string of the molecule is COCOc1cc(C2Cc3nc(SC)nc(N4CC5CCC(C4)N5C(=O)OC(C)(C)C)c3CO2)c2ccccc2c1. The second-order valence-electron chi connectivity index (χ2n) is 11.9. The molecule has 3 unspecified atom stereocenters. The lowest BCUT2D eigenvalue weighted by molar-refractivity contribution is 0.0119. The van der Waals surface area contributed by atoms with Crippen LogP contribution in [-0.2, 0) is 27.2 Å². The molecule has 0 aliphatic carbocycles. The third kappa shape index (κ3) is 5.69. The largest absolute Gasteiger partial charge is 0.468 e. The van der Waals surface area contributed by atoms with Crippen LogP contribution in [-0.4, -0.2) is 71.9 Å². The fourth-order valence-corrected chi connectivity index (χ4v) is 6.64. The minimum atomic E-state index is -0.513. The maximum Gasteiger partial charge on any atom is 0.410 e. The van der Waals surface area contributed by atoms with Crippen LogP contribution in [0.3, 0.4) is 0 Å². The maximum atomic E-state index is 13.0. The summed E-state index contributed by atoms with van der Waals surface area (Å²) in [5.74, 6) is 1.68. The first kappa shape index (κ1) is 28.1. The number of hydrogen-bond acceptors (Lipinski definition) is 9. The van der Waals surface area contributed by atoms with Crippen LogP contribution >= 0.6 is 11.8 Å². The summed E-state index contributed by atoms with van der Waals surface area (Å²) in [6.45, 7) is 7.80. The van der Waals surface area contributed by atoms with Crippen LogP contribution in [0.2, 0.25) is 0 Å². The molecule has 2 saturated heterocycles. The molecule has 1 aromatic heterocycles. The zero-order valence-corrected chi connectivity index (χ0v) is 25.2. The van der Waals surface area contributed by atoms with Crippen molar-refractivity contribution in [2.24, 2.45) is 0 Å². The van der Waals surface area contributed by atoms with E-state index in [1.54, 1.807) is 18.9 Å². The Labute approximate surface area is 245 Å². The zero-order chi connectivity index (χ0) is 28.7. The molecule has 1 amide bonds. The Hall–Kier alpha value is -3.08. The number of hydrogen-bond donors (Lipinski definition) is 0. The molecule has 41 heavy (non-hydrogen) atoms. The third-order valence-corrected chi connectivity index (χ3v) is 8.53. The number of carbonyl (C=O) groups excluding carboxylic acids is 1. The van der Waals surface area contributed by atoms with E-state index in [1.807, 2.05) is 44.1 Å². The summed E-state index contributed by atoms with van der Waals surface area (Å²) in [6.07, 6.45) is 4.20. The first-order valence-corrected chi connectivity index (χ1v) is 15.4. The highest BCUT2D eigenvalue weighted by Gasteiger charge is 2.45. The molecule has 6 rings (SSSR count). The van der Waals surface area contributed by atoms with Crippen molar-refractivity contribution >= 4 is 34.4 Å². The Morgan fingerprint density at radius 2 is 1.88 bits per heavy atom. The van der Waals surface area contributed by atoms with Crippen LogP contribution in [0, 0.1) is 0 Å². The fraction of sp³-hybridized carbons (Fsp3) is 0.516. The van der Waals surface area contributed by atoms with Gasteiger partial charge in [-0.25, -0.2) is 14.8 Å². The number of rotatable bonds is 6. The molecule has 3 aromatic rings. The molecule has 2 fully saturated rings. The number of anilines is 1. The van der Waals surface area contributed by atoms with Crippen molar-refractivity contribution in [3.63, 3.8) is 0 Å². The van der Waals surface area contributed by atoms with Gasteiger partial charge in [0.2, 0.25) is 0 Å².